The van der Waals surface area contributed by atoms with E-state index in [0.29, 0.717) is 31.7 Å². The number of aromatic nitrogens is 1. The Kier molecular flexibility index (Phi) is 5.69. The fourth-order valence-corrected chi connectivity index (χ4v) is 1.39. The van der Waals surface area contributed by atoms with E-state index in [9.17, 15) is 4.79 Å². The number of hydrogen-bond donors (Lipinski definition) is 2. The van der Waals surface area contributed by atoms with Gasteiger partial charge in [0.2, 0.25) is 5.91 Å². The molecule has 1 heterocycles. The van der Waals surface area contributed by atoms with Crippen LogP contribution in [0.5, 0.6) is 0 Å². The van der Waals surface area contributed by atoms with Gasteiger partial charge >= 0.3 is 0 Å². The van der Waals surface area contributed by atoms with E-state index in [0.717, 1.165) is 5.56 Å². The van der Waals surface area contributed by atoms with Crippen LogP contribution in [0.3, 0.4) is 0 Å². The Hall–Kier alpha value is -1.93. The van der Waals surface area contributed by atoms with E-state index in [1.54, 1.807) is 12.3 Å². The Morgan fingerprint density at radius 1 is 1.59 bits per heavy atom. The zero-order chi connectivity index (χ0) is 12.5. The van der Waals surface area contributed by atoms with Crippen LogP contribution < -0.4 is 10.6 Å². The molecule has 1 rings (SSSR count). The molecule has 5 nitrogen and oxygen atoms in total. The van der Waals surface area contributed by atoms with Crippen LogP contribution in [0.25, 0.3) is 0 Å². The van der Waals surface area contributed by atoms with Gasteiger partial charge in [-0.15, -0.1) is 0 Å². The summed E-state index contributed by atoms with van der Waals surface area (Å²) in [5.41, 5.74) is 1.28. The largest absolute Gasteiger partial charge is 0.356 e. The summed E-state index contributed by atoms with van der Waals surface area (Å²) in [4.78, 5) is 15.1. The molecule has 0 aliphatic carbocycles. The summed E-state index contributed by atoms with van der Waals surface area (Å²) >= 11 is 0. The first kappa shape index (κ1) is 13.1. The normalized spacial score (nSPS) is 9.65. The van der Waals surface area contributed by atoms with Gasteiger partial charge in [0, 0.05) is 37.8 Å². The van der Waals surface area contributed by atoms with Crippen molar-refractivity contribution in [3.05, 3.63) is 29.6 Å². The molecule has 0 fully saturated rings. The lowest BCUT2D eigenvalue weighted by molar-refractivity contribution is -0.120. The highest BCUT2D eigenvalue weighted by Gasteiger charge is 2.02. The first-order chi connectivity index (χ1) is 8.27. The number of carbonyl (C=O) groups excluding carboxylic acids is 1. The van der Waals surface area contributed by atoms with Crippen LogP contribution in [0.4, 0.5) is 0 Å². The van der Waals surface area contributed by atoms with E-state index in [4.69, 9.17) is 5.26 Å². The van der Waals surface area contributed by atoms with E-state index in [1.165, 1.54) is 0 Å². The Bertz CT molecular complexity index is 411. The minimum absolute atomic E-state index is 0.0340. The van der Waals surface area contributed by atoms with Crippen molar-refractivity contribution in [1.29, 1.82) is 5.26 Å². The first-order valence-electron chi connectivity index (χ1n) is 5.59. The second-order valence-electron chi connectivity index (χ2n) is 3.50. The summed E-state index contributed by atoms with van der Waals surface area (Å²) in [5.74, 6) is 0.0340. The molecule has 1 aromatic rings. The fraction of sp³-hybridized carbons (Fsp3) is 0.417. The molecule has 90 valence electrons. The third-order valence-electron chi connectivity index (χ3n) is 2.22. The summed E-state index contributed by atoms with van der Waals surface area (Å²) < 4.78 is 0. The van der Waals surface area contributed by atoms with Crippen LogP contribution in [0, 0.1) is 11.3 Å². The van der Waals surface area contributed by atoms with E-state index in [2.05, 4.69) is 15.6 Å². The van der Waals surface area contributed by atoms with Crippen molar-refractivity contribution in [2.75, 3.05) is 13.1 Å². The molecule has 0 unspecified atom stereocenters. The summed E-state index contributed by atoms with van der Waals surface area (Å²) in [7, 11) is 0. The fourth-order valence-electron chi connectivity index (χ4n) is 1.39. The second-order valence-corrected chi connectivity index (χ2v) is 3.50. The molecule has 1 aromatic heterocycles. The van der Waals surface area contributed by atoms with Crippen molar-refractivity contribution in [3.63, 3.8) is 0 Å². The standard InChI is InChI=1S/C12H16N4O/c1-2-15-12(17)5-7-14-9-10-4-3-6-16-11(10)8-13/h3-4,6,14H,2,5,7,9H2,1H3,(H,15,17). The highest BCUT2D eigenvalue weighted by atomic mass is 16.1. The molecule has 17 heavy (non-hydrogen) atoms. The lowest BCUT2D eigenvalue weighted by Crippen LogP contribution is -2.27. The zero-order valence-corrected chi connectivity index (χ0v) is 9.86. The molecule has 0 saturated carbocycles. The van der Waals surface area contributed by atoms with Crippen LogP contribution in [-0.4, -0.2) is 24.0 Å². The van der Waals surface area contributed by atoms with Crippen molar-refractivity contribution in [1.82, 2.24) is 15.6 Å². The quantitative estimate of drug-likeness (QED) is 0.703. The maximum absolute atomic E-state index is 11.2. The number of nitrogens with one attached hydrogen (secondary N) is 2. The van der Waals surface area contributed by atoms with Gasteiger partial charge in [-0.3, -0.25) is 4.79 Å². The Morgan fingerprint density at radius 3 is 3.12 bits per heavy atom. The molecule has 1 amide bonds. The van der Waals surface area contributed by atoms with Gasteiger partial charge in [-0.2, -0.15) is 5.26 Å². The molecular formula is C12H16N4O. The van der Waals surface area contributed by atoms with Crippen molar-refractivity contribution < 1.29 is 4.79 Å². The van der Waals surface area contributed by atoms with Crippen LogP contribution in [0.2, 0.25) is 0 Å². The number of carbonyl (C=O) groups is 1. The van der Waals surface area contributed by atoms with Crippen molar-refractivity contribution in [3.8, 4) is 6.07 Å². The average molecular weight is 232 g/mol. The van der Waals surface area contributed by atoms with Crippen molar-refractivity contribution >= 4 is 5.91 Å². The Morgan fingerprint density at radius 2 is 2.41 bits per heavy atom. The van der Waals surface area contributed by atoms with Gasteiger partial charge in [-0.25, -0.2) is 4.98 Å². The van der Waals surface area contributed by atoms with E-state index >= 15 is 0 Å². The molecule has 0 saturated heterocycles. The number of rotatable bonds is 6. The van der Waals surface area contributed by atoms with Crippen molar-refractivity contribution in [2.24, 2.45) is 0 Å². The molecular weight excluding hydrogens is 216 g/mol. The van der Waals surface area contributed by atoms with E-state index in [-0.39, 0.29) is 5.91 Å². The van der Waals surface area contributed by atoms with Gasteiger partial charge in [0.1, 0.15) is 11.8 Å². The van der Waals surface area contributed by atoms with Crippen LogP contribution in [0.15, 0.2) is 18.3 Å². The molecule has 0 spiro atoms. The third-order valence-corrected chi connectivity index (χ3v) is 2.22. The maximum atomic E-state index is 11.2. The monoisotopic (exact) mass is 232 g/mol. The lowest BCUT2D eigenvalue weighted by atomic mass is 10.2. The summed E-state index contributed by atoms with van der Waals surface area (Å²) in [6.45, 7) is 3.68. The van der Waals surface area contributed by atoms with Crippen LogP contribution in [0.1, 0.15) is 24.6 Å². The molecule has 0 radical (unpaired) electrons. The van der Waals surface area contributed by atoms with Gasteiger partial charge < -0.3 is 10.6 Å². The predicted molar refractivity (Wildman–Crippen MR) is 64.0 cm³/mol. The first-order valence-corrected chi connectivity index (χ1v) is 5.59. The van der Waals surface area contributed by atoms with E-state index < -0.39 is 0 Å². The maximum Gasteiger partial charge on any atom is 0.221 e. The Labute approximate surface area is 101 Å². The average Bonchev–Trinajstić information content (AvgIpc) is 2.35. The second kappa shape index (κ2) is 7.36. The summed E-state index contributed by atoms with van der Waals surface area (Å²) in [6, 6.07) is 5.68. The minimum atomic E-state index is 0.0340. The number of hydrogen-bond acceptors (Lipinski definition) is 4. The van der Waals surface area contributed by atoms with Crippen LogP contribution in [-0.2, 0) is 11.3 Å². The molecule has 0 aliphatic heterocycles. The molecule has 2 N–H and O–H groups in total. The Balaban J connectivity index is 2.32. The molecule has 0 aromatic carbocycles. The number of nitrogens with zero attached hydrogens (tertiary/aromatic N) is 2. The smallest absolute Gasteiger partial charge is 0.221 e. The number of nitriles is 1. The van der Waals surface area contributed by atoms with Gasteiger partial charge in [-0.1, -0.05) is 6.07 Å². The van der Waals surface area contributed by atoms with Gasteiger partial charge in [0.25, 0.3) is 0 Å². The highest BCUT2D eigenvalue weighted by Crippen LogP contribution is 2.02. The van der Waals surface area contributed by atoms with Gasteiger partial charge in [-0.05, 0) is 13.0 Å². The van der Waals surface area contributed by atoms with Crippen LogP contribution >= 0.6 is 0 Å². The molecule has 0 aliphatic rings. The molecule has 0 bridgehead atoms. The topological polar surface area (TPSA) is 77.8 Å². The van der Waals surface area contributed by atoms with E-state index in [1.807, 2.05) is 19.1 Å². The summed E-state index contributed by atoms with van der Waals surface area (Å²) in [5, 5.41) is 14.7. The molecule has 5 heteroatoms. The van der Waals surface area contributed by atoms with Crippen molar-refractivity contribution in [2.45, 2.75) is 19.9 Å². The number of pyridine rings is 1. The third kappa shape index (κ3) is 4.62. The summed E-state index contributed by atoms with van der Waals surface area (Å²) in [6.07, 6.45) is 2.03. The lowest BCUT2D eigenvalue weighted by Gasteiger charge is -2.05. The number of amides is 1. The van der Waals surface area contributed by atoms with Gasteiger partial charge in [0.05, 0.1) is 0 Å². The highest BCUT2D eigenvalue weighted by molar-refractivity contribution is 5.75. The minimum Gasteiger partial charge on any atom is -0.356 e. The SMILES string of the molecule is CCNC(=O)CCNCc1cccnc1C#N. The zero-order valence-electron chi connectivity index (χ0n) is 9.86. The van der Waals surface area contributed by atoms with Gasteiger partial charge in [0.15, 0.2) is 0 Å². The predicted octanol–water partition coefficient (Wildman–Crippen LogP) is 0.569. The molecule has 0 atom stereocenters.